The van der Waals surface area contributed by atoms with Crippen molar-refractivity contribution in [2.45, 2.75) is 19.9 Å². The molecule has 0 spiro atoms. The molecule has 2 aromatic rings. The molecule has 0 aliphatic carbocycles. The molecule has 1 heterocycles. The Kier molecular flexibility index (Phi) is 3.66. The number of H-pyrrole nitrogens is 1. The summed E-state index contributed by atoms with van der Waals surface area (Å²) in [4.78, 5) is 24.9. The van der Waals surface area contributed by atoms with Crippen molar-refractivity contribution in [1.82, 2.24) is 15.6 Å². The molecule has 0 saturated carbocycles. The summed E-state index contributed by atoms with van der Waals surface area (Å²) >= 11 is 0. The zero-order chi connectivity index (χ0) is 13.0. The summed E-state index contributed by atoms with van der Waals surface area (Å²) in [6, 6.07) is 5.11. The highest BCUT2D eigenvalue weighted by Crippen LogP contribution is 2.11. The molecule has 0 aliphatic rings. The fraction of sp³-hybridized carbons (Fsp3) is 0.333. The fourth-order valence-electron chi connectivity index (χ4n) is 1.58. The van der Waals surface area contributed by atoms with Crippen molar-refractivity contribution in [3.05, 3.63) is 34.3 Å². The number of urea groups is 1. The first-order chi connectivity index (χ1) is 8.69. The minimum atomic E-state index is -0.476. The second-order valence-corrected chi connectivity index (χ2v) is 3.95. The molecule has 2 amide bonds. The maximum atomic E-state index is 11.3. The molecule has 1 aromatic heterocycles. The Labute approximate surface area is 103 Å². The van der Waals surface area contributed by atoms with Gasteiger partial charge < -0.3 is 15.1 Å². The summed E-state index contributed by atoms with van der Waals surface area (Å²) in [5, 5.41) is 5.44. The van der Waals surface area contributed by atoms with E-state index in [2.05, 4.69) is 15.6 Å². The Bertz CT molecular complexity index is 600. The number of hydrogen-bond donors (Lipinski definition) is 3. The lowest BCUT2D eigenvalue weighted by Crippen LogP contribution is -2.35. The fourth-order valence-corrected chi connectivity index (χ4v) is 1.58. The number of fused-ring (bicyclic) bond motifs is 1. The molecule has 2 rings (SSSR count). The SMILES string of the molecule is CCCNC(=O)NCc1ccc2[nH]c(=O)oc2c1. The van der Waals surface area contributed by atoms with Crippen LogP contribution < -0.4 is 16.4 Å². The molecule has 0 bridgehead atoms. The van der Waals surface area contributed by atoms with Crippen LogP contribution in [0.1, 0.15) is 18.9 Å². The predicted molar refractivity (Wildman–Crippen MR) is 67.4 cm³/mol. The smallest absolute Gasteiger partial charge is 0.408 e. The minimum absolute atomic E-state index is 0.201. The molecule has 18 heavy (non-hydrogen) atoms. The number of benzene rings is 1. The van der Waals surface area contributed by atoms with E-state index in [4.69, 9.17) is 4.42 Å². The summed E-state index contributed by atoms with van der Waals surface area (Å²) in [5.41, 5.74) is 2.02. The van der Waals surface area contributed by atoms with E-state index >= 15 is 0 Å². The van der Waals surface area contributed by atoms with E-state index in [0.717, 1.165) is 12.0 Å². The molecule has 3 N–H and O–H groups in total. The second kappa shape index (κ2) is 5.39. The van der Waals surface area contributed by atoms with Crippen molar-refractivity contribution in [3.63, 3.8) is 0 Å². The van der Waals surface area contributed by atoms with Crippen LogP contribution in [0.5, 0.6) is 0 Å². The largest absolute Gasteiger partial charge is 0.417 e. The number of carbonyl (C=O) groups excluding carboxylic acids is 1. The quantitative estimate of drug-likeness (QED) is 0.764. The highest BCUT2D eigenvalue weighted by molar-refractivity contribution is 5.75. The Balaban J connectivity index is 1.99. The van der Waals surface area contributed by atoms with Gasteiger partial charge in [0, 0.05) is 13.1 Å². The summed E-state index contributed by atoms with van der Waals surface area (Å²) in [6.07, 6.45) is 0.897. The van der Waals surface area contributed by atoms with Crippen molar-refractivity contribution < 1.29 is 9.21 Å². The molecule has 6 nitrogen and oxygen atoms in total. The average Bonchev–Trinajstić information content (AvgIpc) is 2.73. The van der Waals surface area contributed by atoms with E-state index in [9.17, 15) is 9.59 Å². The first kappa shape index (κ1) is 12.2. The van der Waals surface area contributed by atoms with Gasteiger partial charge in [-0.05, 0) is 24.1 Å². The lowest BCUT2D eigenvalue weighted by molar-refractivity contribution is 0.240. The Morgan fingerprint density at radius 2 is 2.22 bits per heavy atom. The molecular weight excluding hydrogens is 234 g/mol. The van der Waals surface area contributed by atoms with E-state index in [1.807, 2.05) is 13.0 Å². The number of hydrogen-bond acceptors (Lipinski definition) is 3. The third-order valence-corrected chi connectivity index (χ3v) is 2.47. The van der Waals surface area contributed by atoms with E-state index in [1.54, 1.807) is 12.1 Å². The first-order valence-corrected chi connectivity index (χ1v) is 5.82. The first-order valence-electron chi connectivity index (χ1n) is 5.82. The van der Waals surface area contributed by atoms with Crippen LogP contribution in [-0.4, -0.2) is 17.6 Å². The van der Waals surface area contributed by atoms with Gasteiger partial charge in [0.05, 0.1) is 5.52 Å². The molecular formula is C12H15N3O3. The Hall–Kier alpha value is -2.24. The van der Waals surface area contributed by atoms with Gasteiger partial charge in [0.15, 0.2) is 5.58 Å². The molecule has 0 atom stereocenters. The van der Waals surface area contributed by atoms with Gasteiger partial charge >= 0.3 is 11.8 Å². The molecule has 0 aliphatic heterocycles. The van der Waals surface area contributed by atoms with Crippen LogP contribution in [0.25, 0.3) is 11.1 Å². The Morgan fingerprint density at radius 3 is 3.00 bits per heavy atom. The number of aromatic amines is 1. The summed E-state index contributed by atoms with van der Waals surface area (Å²) in [5.74, 6) is -0.476. The van der Waals surface area contributed by atoms with Crippen LogP contribution >= 0.6 is 0 Å². The van der Waals surface area contributed by atoms with Crippen molar-refractivity contribution in [2.24, 2.45) is 0 Å². The van der Waals surface area contributed by atoms with Gasteiger partial charge in [0.25, 0.3) is 0 Å². The molecule has 0 radical (unpaired) electrons. The molecule has 0 saturated heterocycles. The zero-order valence-electron chi connectivity index (χ0n) is 10.1. The number of amides is 2. The normalized spacial score (nSPS) is 10.5. The number of oxazole rings is 1. The summed E-state index contributed by atoms with van der Waals surface area (Å²) < 4.78 is 4.94. The monoisotopic (exact) mass is 249 g/mol. The van der Waals surface area contributed by atoms with Crippen LogP contribution in [0, 0.1) is 0 Å². The number of aromatic nitrogens is 1. The van der Waals surface area contributed by atoms with Gasteiger partial charge in [0.2, 0.25) is 0 Å². The lowest BCUT2D eigenvalue weighted by Gasteiger charge is -2.06. The van der Waals surface area contributed by atoms with Crippen LogP contribution in [0.4, 0.5) is 4.79 Å². The standard InChI is InChI=1S/C12H15N3O3/c1-2-5-13-11(16)14-7-8-3-4-9-10(6-8)18-12(17)15-9/h3-4,6H,2,5,7H2,1H3,(H,15,17)(H2,13,14,16). The molecule has 0 unspecified atom stereocenters. The van der Waals surface area contributed by atoms with Gasteiger partial charge in [-0.1, -0.05) is 13.0 Å². The third-order valence-electron chi connectivity index (χ3n) is 2.47. The van der Waals surface area contributed by atoms with E-state index in [1.165, 1.54) is 0 Å². The molecule has 6 heteroatoms. The molecule has 96 valence electrons. The maximum absolute atomic E-state index is 11.3. The van der Waals surface area contributed by atoms with Crippen LogP contribution in [0.15, 0.2) is 27.4 Å². The van der Waals surface area contributed by atoms with Crippen molar-refractivity contribution in [3.8, 4) is 0 Å². The van der Waals surface area contributed by atoms with E-state index in [0.29, 0.717) is 24.2 Å². The summed E-state index contributed by atoms with van der Waals surface area (Å²) in [6.45, 7) is 3.03. The number of rotatable bonds is 4. The predicted octanol–water partition coefficient (Wildman–Crippen LogP) is 1.33. The van der Waals surface area contributed by atoms with Crippen molar-refractivity contribution >= 4 is 17.1 Å². The van der Waals surface area contributed by atoms with Crippen LogP contribution in [0.3, 0.4) is 0 Å². The van der Waals surface area contributed by atoms with Gasteiger partial charge in [0.1, 0.15) is 0 Å². The average molecular weight is 249 g/mol. The van der Waals surface area contributed by atoms with Crippen molar-refractivity contribution in [2.75, 3.05) is 6.54 Å². The second-order valence-electron chi connectivity index (χ2n) is 3.95. The number of carbonyl (C=O) groups is 1. The third kappa shape index (κ3) is 2.91. The lowest BCUT2D eigenvalue weighted by atomic mass is 10.2. The molecule has 0 fully saturated rings. The highest BCUT2D eigenvalue weighted by atomic mass is 16.4. The number of nitrogens with one attached hydrogen (secondary N) is 3. The van der Waals surface area contributed by atoms with Crippen LogP contribution in [-0.2, 0) is 6.54 Å². The Morgan fingerprint density at radius 1 is 1.39 bits per heavy atom. The van der Waals surface area contributed by atoms with E-state index < -0.39 is 5.76 Å². The maximum Gasteiger partial charge on any atom is 0.417 e. The highest BCUT2D eigenvalue weighted by Gasteiger charge is 2.03. The van der Waals surface area contributed by atoms with Gasteiger partial charge in [-0.15, -0.1) is 0 Å². The van der Waals surface area contributed by atoms with Gasteiger partial charge in [-0.2, -0.15) is 0 Å². The minimum Gasteiger partial charge on any atom is -0.408 e. The topological polar surface area (TPSA) is 87.1 Å². The molecule has 1 aromatic carbocycles. The zero-order valence-corrected chi connectivity index (χ0v) is 10.1. The summed E-state index contributed by atoms with van der Waals surface area (Å²) in [7, 11) is 0. The van der Waals surface area contributed by atoms with Gasteiger partial charge in [-0.25, -0.2) is 9.59 Å². The van der Waals surface area contributed by atoms with Crippen LogP contribution in [0.2, 0.25) is 0 Å². The van der Waals surface area contributed by atoms with Crippen molar-refractivity contribution in [1.29, 1.82) is 0 Å². The van der Waals surface area contributed by atoms with Gasteiger partial charge in [-0.3, -0.25) is 4.98 Å². The van der Waals surface area contributed by atoms with E-state index in [-0.39, 0.29) is 6.03 Å².